The highest BCUT2D eigenvalue weighted by Gasteiger charge is 2.37. The number of alkyl halides is 3. The van der Waals surface area contributed by atoms with Crippen LogP contribution in [0.15, 0.2) is 29.2 Å². The number of nitrogens with one attached hydrogen (secondary N) is 1. The van der Waals surface area contributed by atoms with Gasteiger partial charge in [0.25, 0.3) is 5.91 Å². The summed E-state index contributed by atoms with van der Waals surface area (Å²) in [5, 5.41) is 18.2. The van der Waals surface area contributed by atoms with Gasteiger partial charge in [0.05, 0.1) is 21.3 Å². The second-order valence-corrected chi connectivity index (χ2v) is 5.99. The molecule has 0 fully saturated rings. The highest BCUT2D eigenvalue weighted by molar-refractivity contribution is 7.85. The maximum Gasteiger partial charge on any atom is 0.417 e. The Morgan fingerprint density at radius 1 is 1.30 bits per heavy atom. The van der Waals surface area contributed by atoms with Gasteiger partial charge in [-0.2, -0.15) is 13.2 Å². The maximum absolute atomic E-state index is 12.9. The van der Waals surface area contributed by atoms with E-state index in [0.717, 1.165) is 17.6 Å². The second kappa shape index (κ2) is 7.53. The number of hydrogen-bond donors (Lipinski definition) is 4. The summed E-state index contributed by atoms with van der Waals surface area (Å²) < 4.78 is 50.7. The molecular formula is C12H13F3N2O5S. The number of carbonyl (C=O) groups excluding carboxylic acids is 2. The van der Waals surface area contributed by atoms with Crippen molar-refractivity contribution in [3.05, 3.63) is 29.8 Å². The zero-order valence-electron chi connectivity index (χ0n) is 11.4. The van der Waals surface area contributed by atoms with Crippen molar-refractivity contribution < 1.29 is 37.3 Å². The average Bonchev–Trinajstić information content (AvgIpc) is 2.49. The predicted molar refractivity (Wildman–Crippen MR) is 71.1 cm³/mol. The monoisotopic (exact) mass is 354 g/mol. The fourth-order valence-corrected chi connectivity index (χ4v) is 3.02. The van der Waals surface area contributed by atoms with Crippen LogP contribution in [-0.2, 0) is 26.6 Å². The van der Waals surface area contributed by atoms with Crippen molar-refractivity contribution in [3.8, 4) is 0 Å². The Morgan fingerprint density at radius 2 is 1.87 bits per heavy atom. The molecule has 23 heavy (non-hydrogen) atoms. The molecule has 3 atom stereocenters. The number of benzene rings is 1. The first kappa shape index (κ1) is 19.1. The molecule has 1 aromatic rings. The van der Waals surface area contributed by atoms with Crippen LogP contribution in [0, 0.1) is 5.92 Å². The van der Waals surface area contributed by atoms with E-state index in [1.165, 1.54) is 6.07 Å². The van der Waals surface area contributed by atoms with E-state index in [4.69, 9.17) is 10.9 Å². The van der Waals surface area contributed by atoms with E-state index in [-0.39, 0.29) is 0 Å². The molecule has 0 bridgehead atoms. The molecule has 0 aromatic heterocycles. The van der Waals surface area contributed by atoms with Gasteiger partial charge >= 0.3 is 6.18 Å². The third-order valence-electron chi connectivity index (χ3n) is 2.86. The van der Waals surface area contributed by atoms with Gasteiger partial charge in [-0.05, 0) is 12.1 Å². The Kier molecular flexibility index (Phi) is 6.24. The number of amides is 2. The molecule has 0 aliphatic heterocycles. The van der Waals surface area contributed by atoms with E-state index >= 15 is 0 Å². The van der Waals surface area contributed by atoms with E-state index in [1.54, 1.807) is 0 Å². The van der Waals surface area contributed by atoms with E-state index in [9.17, 15) is 32.1 Å². The number of hydroxylamine groups is 1. The summed E-state index contributed by atoms with van der Waals surface area (Å²) in [7, 11) is -2.58. The zero-order valence-corrected chi connectivity index (χ0v) is 12.2. The minimum absolute atomic E-state index is 0.686. The molecule has 128 valence electrons. The Morgan fingerprint density at radius 3 is 2.35 bits per heavy atom. The van der Waals surface area contributed by atoms with Crippen molar-refractivity contribution in [2.24, 2.45) is 11.7 Å². The second-order valence-electron chi connectivity index (χ2n) is 4.41. The number of aliphatic hydroxyl groups is 1. The van der Waals surface area contributed by atoms with Gasteiger partial charge in [0.2, 0.25) is 5.91 Å². The number of nitrogens with two attached hydrogens (primary N) is 1. The van der Waals surface area contributed by atoms with Gasteiger partial charge in [-0.15, -0.1) is 0 Å². The number of carbonyl (C=O) groups is 2. The Hall–Kier alpha value is -1.98. The van der Waals surface area contributed by atoms with Crippen LogP contribution >= 0.6 is 0 Å². The van der Waals surface area contributed by atoms with Crippen molar-refractivity contribution in [1.82, 2.24) is 5.48 Å². The van der Waals surface area contributed by atoms with Gasteiger partial charge < -0.3 is 10.8 Å². The summed E-state index contributed by atoms with van der Waals surface area (Å²) in [5.74, 6) is -4.26. The fraction of sp³-hybridized carbons (Fsp3) is 0.333. The van der Waals surface area contributed by atoms with Gasteiger partial charge in [-0.3, -0.25) is 19.0 Å². The van der Waals surface area contributed by atoms with E-state index in [1.807, 2.05) is 0 Å². The van der Waals surface area contributed by atoms with Crippen molar-refractivity contribution >= 4 is 22.6 Å². The SMILES string of the molecule is NC(=O)C(CC(O)S(=O)c1ccccc1C(F)(F)F)C(=O)NO. The van der Waals surface area contributed by atoms with Gasteiger partial charge in [0, 0.05) is 6.42 Å². The largest absolute Gasteiger partial charge is 0.417 e. The highest BCUT2D eigenvalue weighted by atomic mass is 32.2. The lowest BCUT2D eigenvalue weighted by atomic mass is 10.1. The lowest BCUT2D eigenvalue weighted by Gasteiger charge is -2.18. The number of aliphatic hydroxyl groups excluding tert-OH is 1. The van der Waals surface area contributed by atoms with Crippen LogP contribution in [0.1, 0.15) is 12.0 Å². The normalized spacial score (nSPS) is 15.5. The minimum atomic E-state index is -4.79. The number of halogens is 3. The van der Waals surface area contributed by atoms with Crippen molar-refractivity contribution in [2.75, 3.05) is 0 Å². The lowest BCUT2D eigenvalue weighted by Crippen LogP contribution is -2.40. The molecule has 0 radical (unpaired) electrons. The maximum atomic E-state index is 12.9. The molecule has 1 aromatic carbocycles. The van der Waals surface area contributed by atoms with Crippen molar-refractivity contribution in [2.45, 2.75) is 22.9 Å². The molecule has 0 spiro atoms. The summed E-state index contributed by atoms with van der Waals surface area (Å²) in [6.45, 7) is 0. The third kappa shape index (κ3) is 4.74. The number of primary amides is 1. The van der Waals surface area contributed by atoms with Crippen LogP contribution in [-0.4, -0.2) is 31.8 Å². The molecular weight excluding hydrogens is 341 g/mol. The van der Waals surface area contributed by atoms with Crippen LogP contribution in [0.25, 0.3) is 0 Å². The van der Waals surface area contributed by atoms with Crippen LogP contribution < -0.4 is 11.2 Å². The fourth-order valence-electron chi connectivity index (χ4n) is 1.74. The molecule has 0 aliphatic carbocycles. The molecule has 11 heteroatoms. The summed E-state index contributed by atoms with van der Waals surface area (Å²) >= 11 is 0. The molecule has 5 N–H and O–H groups in total. The van der Waals surface area contributed by atoms with Gasteiger partial charge in [-0.25, -0.2) is 5.48 Å². The van der Waals surface area contributed by atoms with E-state index in [2.05, 4.69) is 0 Å². The Balaban J connectivity index is 3.06. The number of hydrogen-bond acceptors (Lipinski definition) is 5. The standard InChI is InChI=1S/C12H13F3N2O5S/c13-12(14,15)7-3-1-2-4-8(7)23(22)9(18)5-6(10(16)19)11(20)17-21/h1-4,6,9,18,21H,5H2,(H2,16,19)(H,17,20). The lowest BCUT2D eigenvalue weighted by molar-refractivity contribution is -0.141. The topological polar surface area (TPSA) is 130 Å². The number of rotatable bonds is 6. The predicted octanol–water partition coefficient (Wildman–Crippen LogP) is 0.128. The van der Waals surface area contributed by atoms with Crippen molar-refractivity contribution in [1.29, 1.82) is 0 Å². The van der Waals surface area contributed by atoms with Crippen molar-refractivity contribution in [3.63, 3.8) is 0 Å². The van der Waals surface area contributed by atoms with Crippen LogP contribution in [0.3, 0.4) is 0 Å². The van der Waals surface area contributed by atoms with E-state index in [0.29, 0.717) is 6.07 Å². The van der Waals surface area contributed by atoms with Gasteiger partial charge in [-0.1, -0.05) is 12.1 Å². The van der Waals surface area contributed by atoms with Crippen LogP contribution in [0.2, 0.25) is 0 Å². The quantitative estimate of drug-likeness (QED) is 0.328. The smallest absolute Gasteiger partial charge is 0.379 e. The van der Waals surface area contributed by atoms with Gasteiger partial charge in [0.15, 0.2) is 0 Å². The summed E-state index contributed by atoms with van der Waals surface area (Å²) in [6.07, 6.45) is -5.61. The molecule has 0 saturated heterocycles. The minimum Gasteiger partial charge on any atom is -0.379 e. The summed E-state index contributed by atoms with van der Waals surface area (Å²) in [5.41, 5.74) is 2.85. The first-order chi connectivity index (χ1) is 10.6. The summed E-state index contributed by atoms with van der Waals surface area (Å²) in [6, 6.07) is 3.88. The molecule has 0 aliphatic rings. The molecule has 2 amide bonds. The molecule has 1 rings (SSSR count). The third-order valence-corrected chi connectivity index (χ3v) is 4.34. The average molecular weight is 354 g/mol. The Bertz CT molecular complexity index is 623. The molecule has 3 unspecified atom stereocenters. The first-order valence-electron chi connectivity index (χ1n) is 6.07. The molecule has 0 saturated carbocycles. The highest BCUT2D eigenvalue weighted by Crippen LogP contribution is 2.34. The van der Waals surface area contributed by atoms with Gasteiger partial charge in [0.1, 0.15) is 11.4 Å². The Labute approximate surface area is 130 Å². The zero-order chi connectivity index (χ0) is 17.8. The van der Waals surface area contributed by atoms with Crippen LogP contribution in [0.5, 0.6) is 0 Å². The van der Waals surface area contributed by atoms with Crippen LogP contribution in [0.4, 0.5) is 13.2 Å². The first-order valence-corrected chi connectivity index (χ1v) is 7.29. The summed E-state index contributed by atoms with van der Waals surface area (Å²) in [4.78, 5) is 21.6. The molecule has 0 heterocycles. The van der Waals surface area contributed by atoms with E-state index < -0.39 is 57.0 Å². The molecule has 7 nitrogen and oxygen atoms in total.